The number of likely N-dealkylation sites (N-methyl/N-ethyl adjacent to an activating group) is 1. The number of hydrogen-bond donors (Lipinski definition) is 1. The summed E-state index contributed by atoms with van der Waals surface area (Å²) < 4.78 is 2.46. The molecule has 1 aliphatic rings. The number of benzene rings is 1. The highest BCUT2D eigenvalue weighted by molar-refractivity contribution is 5.67. The number of rotatable bonds is 3. The Morgan fingerprint density at radius 2 is 1.77 bits per heavy atom. The highest BCUT2D eigenvalue weighted by Crippen LogP contribution is 2.47. The third-order valence-electron chi connectivity index (χ3n) is 5.76. The van der Waals surface area contributed by atoms with Gasteiger partial charge in [0.25, 0.3) is 0 Å². The number of hydrogen-bond acceptors (Lipinski definition) is 1. The zero-order valence-corrected chi connectivity index (χ0v) is 14.4. The Bertz CT molecular complexity index is 707. The molecule has 3 rings (SSSR count). The molecule has 116 valence electrons. The van der Waals surface area contributed by atoms with Gasteiger partial charge in [0.2, 0.25) is 11.4 Å². The third kappa shape index (κ3) is 1.80. The summed E-state index contributed by atoms with van der Waals surface area (Å²) in [7, 11) is 0. The van der Waals surface area contributed by atoms with E-state index < -0.39 is 0 Å². The monoisotopic (exact) mass is 295 g/mol. The highest BCUT2D eigenvalue weighted by atomic mass is 15.2. The lowest BCUT2D eigenvalue weighted by atomic mass is 9.65. The predicted molar refractivity (Wildman–Crippen MR) is 91.8 cm³/mol. The summed E-state index contributed by atoms with van der Waals surface area (Å²) in [6.07, 6.45) is 3.32. The maximum atomic E-state index is 3.79. The quantitative estimate of drug-likeness (QED) is 0.849. The molecule has 0 fully saturated rings. The fourth-order valence-corrected chi connectivity index (χ4v) is 4.19. The first-order valence-corrected chi connectivity index (χ1v) is 8.36. The minimum Gasteiger partial charge on any atom is -0.256 e. The Labute approximate surface area is 134 Å². The van der Waals surface area contributed by atoms with Crippen LogP contribution in [-0.2, 0) is 11.1 Å². The van der Waals surface area contributed by atoms with E-state index in [4.69, 9.17) is 0 Å². The molecule has 0 spiro atoms. The molecule has 2 aromatic rings. The second kappa shape index (κ2) is 5.20. The normalized spacial score (nSPS) is 26.4. The van der Waals surface area contributed by atoms with Crippen molar-refractivity contribution < 1.29 is 4.57 Å². The fraction of sp³-hybridized carbons (Fsp3) is 0.450. The number of aromatic nitrogens is 1. The van der Waals surface area contributed by atoms with E-state index in [1.165, 1.54) is 22.4 Å². The van der Waals surface area contributed by atoms with E-state index in [0.717, 1.165) is 13.0 Å². The molecular weight excluding hydrogens is 268 g/mol. The lowest BCUT2D eigenvalue weighted by Gasteiger charge is -2.46. The van der Waals surface area contributed by atoms with Crippen molar-refractivity contribution in [2.24, 2.45) is 0 Å². The van der Waals surface area contributed by atoms with Crippen LogP contribution in [0, 0.1) is 6.92 Å². The lowest BCUT2D eigenvalue weighted by molar-refractivity contribution is -0.771. The Morgan fingerprint density at radius 1 is 1.05 bits per heavy atom. The van der Waals surface area contributed by atoms with E-state index in [2.05, 4.69) is 87.1 Å². The van der Waals surface area contributed by atoms with E-state index in [0.29, 0.717) is 0 Å². The van der Waals surface area contributed by atoms with Gasteiger partial charge in [0.1, 0.15) is 0 Å². The van der Waals surface area contributed by atoms with Gasteiger partial charge in [-0.15, -0.1) is 0 Å². The van der Waals surface area contributed by atoms with Gasteiger partial charge in [0.15, 0.2) is 6.20 Å². The predicted octanol–water partition coefficient (Wildman–Crippen LogP) is 3.91. The molecule has 1 N–H and O–H groups in total. The van der Waals surface area contributed by atoms with Gasteiger partial charge in [0, 0.05) is 18.6 Å². The number of nitrogens with one attached hydrogen (secondary N) is 1. The molecule has 2 unspecified atom stereocenters. The Hall–Kier alpha value is -1.67. The summed E-state index contributed by atoms with van der Waals surface area (Å²) in [6.45, 7) is 12.4. The van der Waals surface area contributed by atoms with Crippen LogP contribution in [0.5, 0.6) is 0 Å². The summed E-state index contributed by atoms with van der Waals surface area (Å²) in [5, 5.41) is 3.79. The second-order valence-corrected chi connectivity index (χ2v) is 6.74. The third-order valence-corrected chi connectivity index (χ3v) is 5.76. The topological polar surface area (TPSA) is 15.9 Å². The lowest BCUT2D eigenvalue weighted by Crippen LogP contribution is -2.74. The summed E-state index contributed by atoms with van der Waals surface area (Å²) in [4.78, 5) is 0. The van der Waals surface area contributed by atoms with Crippen LogP contribution >= 0.6 is 0 Å². The number of nitrogens with zero attached hydrogens (tertiary/aromatic N) is 1. The zero-order valence-electron chi connectivity index (χ0n) is 14.4. The van der Waals surface area contributed by atoms with E-state index >= 15 is 0 Å². The molecule has 0 bridgehead atoms. The minimum absolute atomic E-state index is 0.0467. The van der Waals surface area contributed by atoms with Crippen LogP contribution < -0.4 is 9.88 Å². The molecule has 0 saturated carbocycles. The second-order valence-electron chi connectivity index (χ2n) is 6.74. The number of fused-ring (bicyclic) bond motifs is 3. The van der Waals surface area contributed by atoms with Gasteiger partial charge in [-0.25, -0.2) is 0 Å². The summed E-state index contributed by atoms with van der Waals surface area (Å²) >= 11 is 0. The van der Waals surface area contributed by atoms with Crippen LogP contribution in [-0.4, -0.2) is 6.54 Å². The molecule has 0 amide bonds. The van der Waals surface area contributed by atoms with Gasteiger partial charge in [-0.3, -0.25) is 5.32 Å². The molecule has 1 aromatic carbocycles. The van der Waals surface area contributed by atoms with Crippen molar-refractivity contribution in [1.82, 2.24) is 5.32 Å². The Kier molecular flexibility index (Phi) is 3.60. The molecule has 2 heterocycles. The Balaban J connectivity index is 2.43. The van der Waals surface area contributed by atoms with E-state index in [9.17, 15) is 0 Å². The van der Waals surface area contributed by atoms with Gasteiger partial charge >= 0.3 is 0 Å². The summed E-state index contributed by atoms with van der Waals surface area (Å²) in [5.74, 6) is 0. The molecule has 2 heteroatoms. The first-order chi connectivity index (χ1) is 10.5. The maximum Gasteiger partial charge on any atom is 0.228 e. The van der Waals surface area contributed by atoms with Crippen molar-refractivity contribution in [2.75, 3.05) is 6.54 Å². The van der Waals surface area contributed by atoms with Gasteiger partial charge in [-0.2, -0.15) is 4.57 Å². The molecular formula is C20H27N2+. The van der Waals surface area contributed by atoms with Crippen molar-refractivity contribution in [3.63, 3.8) is 0 Å². The van der Waals surface area contributed by atoms with Crippen LogP contribution in [0.3, 0.4) is 0 Å². The van der Waals surface area contributed by atoms with Gasteiger partial charge < -0.3 is 0 Å². The van der Waals surface area contributed by atoms with Crippen LogP contribution in [0.4, 0.5) is 0 Å². The average Bonchev–Trinajstić information content (AvgIpc) is 2.53. The standard InChI is InChI=1S/C20H27N2/c1-6-19(4)17-13-9-8-12-16(17)18-15(3)11-10-14-22(18)20(19,5)21-7-2/h8-14,21H,6-7H2,1-5H3/q+1. The fourth-order valence-electron chi connectivity index (χ4n) is 4.19. The Morgan fingerprint density at radius 3 is 2.45 bits per heavy atom. The minimum atomic E-state index is -0.133. The maximum absolute atomic E-state index is 3.79. The van der Waals surface area contributed by atoms with Crippen LogP contribution in [0.15, 0.2) is 42.6 Å². The first-order valence-electron chi connectivity index (χ1n) is 8.36. The summed E-state index contributed by atoms with van der Waals surface area (Å²) in [5.41, 5.74) is 5.41. The molecule has 0 aliphatic carbocycles. The molecule has 2 nitrogen and oxygen atoms in total. The van der Waals surface area contributed by atoms with Crippen LogP contribution in [0.2, 0.25) is 0 Å². The SMILES string of the molecule is CCNC1(C)[n+]2cccc(C)c2-c2ccccc2C1(C)CC. The van der Waals surface area contributed by atoms with Crippen molar-refractivity contribution >= 4 is 0 Å². The van der Waals surface area contributed by atoms with Crippen LogP contribution in [0.1, 0.15) is 45.2 Å². The molecule has 0 saturated heterocycles. The van der Waals surface area contributed by atoms with E-state index in [-0.39, 0.29) is 11.1 Å². The van der Waals surface area contributed by atoms with E-state index in [1.807, 2.05) is 0 Å². The average molecular weight is 295 g/mol. The van der Waals surface area contributed by atoms with Gasteiger partial charge in [-0.1, -0.05) is 32.0 Å². The van der Waals surface area contributed by atoms with Crippen molar-refractivity contribution in [1.29, 1.82) is 0 Å². The van der Waals surface area contributed by atoms with Gasteiger partial charge in [-0.05, 0) is 44.5 Å². The molecule has 1 aliphatic heterocycles. The van der Waals surface area contributed by atoms with Crippen LogP contribution in [0.25, 0.3) is 11.3 Å². The molecule has 1 aromatic heterocycles. The smallest absolute Gasteiger partial charge is 0.228 e. The van der Waals surface area contributed by atoms with Crippen molar-refractivity contribution in [2.45, 2.75) is 52.1 Å². The molecule has 2 atom stereocenters. The van der Waals surface area contributed by atoms with Gasteiger partial charge in [0.05, 0.1) is 11.0 Å². The summed E-state index contributed by atoms with van der Waals surface area (Å²) in [6, 6.07) is 13.3. The highest BCUT2D eigenvalue weighted by Gasteiger charge is 2.57. The first kappa shape index (κ1) is 15.2. The largest absolute Gasteiger partial charge is 0.256 e. The number of pyridine rings is 1. The molecule has 22 heavy (non-hydrogen) atoms. The molecule has 0 radical (unpaired) electrons. The van der Waals surface area contributed by atoms with Crippen molar-refractivity contribution in [3.05, 3.63) is 53.7 Å². The van der Waals surface area contributed by atoms with Crippen molar-refractivity contribution in [3.8, 4) is 11.3 Å². The zero-order chi connectivity index (χ0) is 16.0. The number of aryl methyl sites for hydroxylation is 1. The van der Waals surface area contributed by atoms with E-state index in [1.54, 1.807) is 0 Å².